The maximum Gasteiger partial charge on any atom is 0.412 e. The molecule has 0 spiro atoms. The highest BCUT2D eigenvalue weighted by molar-refractivity contribution is 7.92. The average Bonchev–Trinajstić information content (AvgIpc) is 3.60. The van der Waals surface area contributed by atoms with Gasteiger partial charge < -0.3 is 33.2 Å². The minimum absolute atomic E-state index is 0.0322. The molecule has 1 amide bonds. The molecule has 0 fully saturated rings. The number of methoxy groups -OCH3 is 2. The van der Waals surface area contributed by atoms with Gasteiger partial charge in [-0.1, -0.05) is 18.2 Å². The van der Waals surface area contributed by atoms with Crippen LogP contribution < -0.4 is 38.5 Å². The van der Waals surface area contributed by atoms with Gasteiger partial charge in [0.25, 0.3) is 15.9 Å². The Morgan fingerprint density at radius 1 is 0.857 bits per heavy atom. The molecule has 0 saturated heterocycles. The summed E-state index contributed by atoms with van der Waals surface area (Å²) in [5, 5.41) is 2.51. The van der Waals surface area contributed by atoms with Crippen molar-refractivity contribution < 1.29 is 46.4 Å². The number of carbonyl (C=O) groups excluding carboxylic acids is 1. The first-order valence-electron chi connectivity index (χ1n) is 14.6. The molecule has 0 bridgehead atoms. The van der Waals surface area contributed by atoms with Crippen LogP contribution in [-0.2, 0) is 14.8 Å². The Bertz CT molecular complexity index is 2050. The van der Waals surface area contributed by atoms with Gasteiger partial charge in [-0.15, -0.1) is 0 Å². The van der Waals surface area contributed by atoms with Crippen LogP contribution in [0, 0.1) is 0 Å². The number of para-hydroxylation sites is 2. The van der Waals surface area contributed by atoms with Gasteiger partial charge >= 0.3 is 6.09 Å². The zero-order valence-electron chi connectivity index (χ0n) is 26.1. The van der Waals surface area contributed by atoms with Crippen molar-refractivity contribution in [1.82, 2.24) is 15.0 Å². The summed E-state index contributed by atoms with van der Waals surface area (Å²) in [6, 6.07) is 22.7. The van der Waals surface area contributed by atoms with E-state index in [0.717, 1.165) is 0 Å². The van der Waals surface area contributed by atoms with E-state index in [0.29, 0.717) is 28.6 Å². The molecule has 2 aromatic heterocycles. The fourth-order valence-electron chi connectivity index (χ4n) is 4.45. The molecule has 16 heteroatoms. The lowest BCUT2D eigenvalue weighted by atomic mass is 10.2. The Kier molecular flexibility index (Phi) is 9.75. The van der Waals surface area contributed by atoms with Gasteiger partial charge in [0.2, 0.25) is 12.5 Å². The predicted octanol–water partition coefficient (Wildman–Crippen LogP) is 5.51. The summed E-state index contributed by atoms with van der Waals surface area (Å²) in [6.45, 7) is -0.451. The third-order valence-corrected chi connectivity index (χ3v) is 8.14. The Labute approximate surface area is 280 Å². The number of fused-ring (bicyclic) bond motifs is 1. The van der Waals surface area contributed by atoms with Gasteiger partial charge in [0.15, 0.2) is 34.6 Å². The number of amides is 1. The van der Waals surface area contributed by atoms with Gasteiger partial charge in [0.05, 0.1) is 19.1 Å². The van der Waals surface area contributed by atoms with Crippen LogP contribution in [0.5, 0.6) is 40.4 Å². The number of anilines is 2. The average molecular weight is 688 g/mol. The molecule has 49 heavy (non-hydrogen) atoms. The van der Waals surface area contributed by atoms with E-state index in [1.54, 1.807) is 66.7 Å². The lowest BCUT2D eigenvalue weighted by Gasteiger charge is -2.18. The summed E-state index contributed by atoms with van der Waals surface area (Å²) in [5.74, 6) is 1.60. The maximum atomic E-state index is 13.8. The van der Waals surface area contributed by atoms with Crippen LogP contribution in [0.15, 0.2) is 96.0 Å². The molecule has 3 heterocycles. The molecule has 0 unspecified atom stereocenters. The van der Waals surface area contributed by atoms with Gasteiger partial charge in [-0.05, 0) is 60.7 Å². The second-order valence-electron chi connectivity index (χ2n) is 9.96. The molecule has 6 rings (SSSR count). The Balaban J connectivity index is 1.36. The number of carbonyl (C=O) groups is 1. The molecule has 3 aromatic carbocycles. The Hall–Kier alpha value is -6.29. The second kappa shape index (κ2) is 14.6. The van der Waals surface area contributed by atoms with Crippen molar-refractivity contribution >= 4 is 27.8 Å². The molecule has 1 aliphatic heterocycles. The van der Waals surface area contributed by atoms with Crippen LogP contribution in [0.1, 0.15) is 0 Å². The highest BCUT2D eigenvalue weighted by Gasteiger charge is 2.27. The lowest BCUT2D eigenvalue weighted by Crippen LogP contribution is -2.19. The highest BCUT2D eigenvalue weighted by Crippen LogP contribution is 2.42. The Morgan fingerprint density at radius 2 is 1.63 bits per heavy atom. The summed E-state index contributed by atoms with van der Waals surface area (Å²) in [5.41, 5.74) is 0.504. The number of nitrogens with one attached hydrogen (secondary N) is 2. The number of nitrogens with zero attached hydrogens (tertiary/aromatic N) is 3. The van der Waals surface area contributed by atoms with E-state index in [1.165, 1.54) is 38.6 Å². The van der Waals surface area contributed by atoms with Crippen molar-refractivity contribution in [3.63, 3.8) is 0 Å². The van der Waals surface area contributed by atoms with E-state index in [9.17, 15) is 13.2 Å². The van der Waals surface area contributed by atoms with E-state index in [2.05, 4.69) is 25.0 Å². The van der Waals surface area contributed by atoms with E-state index in [1.807, 2.05) is 0 Å². The summed E-state index contributed by atoms with van der Waals surface area (Å²) in [7, 11) is -1.32. The molecule has 0 aliphatic carbocycles. The fourth-order valence-corrected chi connectivity index (χ4v) is 5.47. The minimum Gasteiger partial charge on any atom is -0.497 e. The molecule has 0 saturated carbocycles. The number of benzene rings is 3. The molecule has 1 aliphatic rings. The van der Waals surface area contributed by atoms with Crippen LogP contribution >= 0.6 is 0 Å². The van der Waals surface area contributed by atoms with Crippen molar-refractivity contribution in [2.45, 2.75) is 4.90 Å². The van der Waals surface area contributed by atoms with Gasteiger partial charge in [-0.2, -0.15) is 4.98 Å². The topological polar surface area (TPSA) is 179 Å². The van der Waals surface area contributed by atoms with Crippen molar-refractivity contribution in [3.8, 4) is 51.8 Å². The van der Waals surface area contributed by atoms with Crippen molar-refractivity contribution in [3.05, 3.63) is 91.1 Å². The largest absolute Gasteiger partial charge is 0.497 e. The lowest BCUT2D eigenvalue weighted by molar-refractivity contribution is 0.135. The van der Waals surface area contributed by atoms with Gasteiger partial charge in [-0.3, -0.25) is 10.0 Å². The normalized spacial score (nSPS) is 11.7. The van der Waals surface area contributed by atoms with E-state index >= 15 is 0 Å². The number of hydrogen-bond donors (Lipinski definition) is 2. The van der Waals surface area contributed by atoms with Crippen LogP contribution in [0.2, 0.25) is 0 Å². The molecule has 15 nitrogen and oxygen atoms in total. The van der Waals surface area contributed by atoms with Gasteiger partial charge in [0.1, 0.15) is 24.8 Å². The molecule has 0 atom stereocenters. The third kappa shape index (κ3) is 7.82. The monoisotopic (exact) mass is 687 g/mol. The molecule has 0 radical (unpaired) electrons. The number of ether oxygens (including phenoxy) is 7. The molecule has 252 valence electrons. The molecule has 5 aromatic rings. The highest BCUT2D eigenvalue weighted by atomic mass is 32.2. The summed E-state index contributed by atoms with van der Waals surface area (Å²) in [4.78, 5) is 25.3. The number of rotatable bonds is 13. The van der Waals surface area contributed by atoms with Gasteiger partial charge in [0, 0.05) is 17.8 Å². The van der Waals surface area contributed by atoms with E-state index in [4.69, 9.17) is 33.2 Å². The first-order valence-corrected chi connectivity index (χ1v) is 16.1. The molecule has 2 N–H and O–H groups in total. The van der Waals surface area contributed by atoms with Crippen LogP contribution in [-0.4, -0.2) is 63.7 Å². The van der Waals surface area contributed by atoms with Crippen LogP contribution in [0.3, 0.4) is 0 Å². The summed E-state index contributed by atoms with van der Waals surface area (Å²) < 4.78 is 68.9. The fraction of sp³-hybridized carbons (Fsp3) is 0.152. The summed E-state index contributed by atoms with van der Waals surface area (Å²) >= 11 is 0. The van der Waals surface area contributed by atoms with E-state index in [-0.39, 0.29) is 59.7 Å². The standard InChI is InChI=1S/C33H29N5O10S/c1-42-22-12-10-21(11-13-22)30-36-31(38-49(40,41)23-14-15-25-27(19-23)47-20-46-25)29(48-26-8-4-3-7-24(26)43-2)32(37-30)44-17-18-45-33(39)35-28-9-5-6-16-34-28/h3-16,19H,17-18,20H2,1-2H3,(H,34,35,39)(H,36,37,38). The molecular formula is C33H29N5O10S. The van der Waals surface area contributed by atoms with Crippen molar-refractivity contribution in [2.75, 3.05) is 44.3 Å². The van der Waals surface area contributed by atoms with Crippen LogP contribution in [0.25, 0.3) is 11.4 Å². The summed E-state index contributed by atoms with van der Waals surface area (Å²) in [6.07, 6.45) is 0.766. The number of hydrogen-bond acceptors (Lipinski definition) is 13. The second-order valence-corrected chi connectivity index (χ2v) is 11.6. The number of aromatic nitrogens is 3. The molecular weight excluding hydrogens is 658 g/mol. The number of pyridine rings is 1. The zero-order valence-corrected chi connectivity index (χ0v) is 26.9. The Morgan fingerprint density at radius 3 is 2.39 bits per heavy atom. The third-order valence-electron chi connectivity index (χ3n) is 6.80. The first kappa shape index (κ1) is 32.6. The number of sulfonamides is 1. The van der Waals surface area contributed by atoms with Gasteiger partial charge in [-0.25, -0.2) is 23.2 Å². The van der Waals surface area contributed by atoms with E-state index < -0.39 is 16.1 Å². The minimum atomic E-state index is -4.30. The first-order chi connectivity index (χ1) is 23.8. The van der Waals surface area contributed by atoms with Crippen molar-refractivity contribution in [2.24, 2.45) is 0 Å². The zero-order chi connectivity index (χ0) is 34.2. The predicted molar refractivity (Wildman–Crippen MR) is 175 cm³/mol. The smallest absolute Gasteiger partial charge is 0.412 e. The maximum absolute atomic E-state index is 13.8. The van der Waals surface area contributed by atoms with Crippen molar-refractivity contribution in [1.29, 1.82) is 0 Å². The van der Waals surface area contributed by atoms with Crippen LogP contribution in [0.4, 0.5) is 16.4 Å². The quantitative estimate of drug-likeness (QED) is 0.148. The SMILES string of the molecule is COc1ccc(-c2nc(NS(=O)(=O)c3ccc4c(c3)OCO4)c(Oc3ccccc3OC)c(OCCOC(=O)Nc3ccccn3)n2)cc1.